The number of fused-ring (bicyclic) bond motifs is 1. The van der Waals surface area contributed by atoms with Crippen molar-refractivity contribution in [3.05, 3.63) is 77.3 Å². The molecule has 1 N–H and O–H groups in total. The summed E-state index contributed by atoms with van der Waals surface area (Å²) in [6, 6.07) is 14.3. The second kappa shape index (κ2) is 6.54. The van der Waals surface area contributed by atoms with Crippen LogP contribution >= 0.6 is 0 Å². The zero-order valence-electron chi connectivity index (χ0n) is 14.3. The number of aromatic amines is 1. The molecule has 2 aromatic heterocycles. The van der Waals surface area contributed by atoms with Gasteiger partial charge >= 0.3 is 0 Å². The smallest absolute Gasteiger partial charge is 0.149 e. The maximum atomic E-state index is 13.9. The maximum Gasteiger partial charge on any atom is 0.149 e. The molecule has 0 radical (unpaired) electrons. The van der Waals surface area contributed by atoms with Gasteiger partial charge in [-0.3, -0.25) is 0 Å². The molecular formula is C21H13F2N3O. The molecule has 0 aliphatic carbocycles. The second-order valence-corrected chi connectivity index (χ2v) is 6.10. The van der Waals surface area contributed by atoms with Crippen LogP contribution in [0.1, 0.15) is 17.1 Å². The Kier molecular flexibility index (Phi) is 4.05. The number of nitrogens with zero attached hydrogens (tertiary/aromatic N) is 2. The Bertz CT molecular complexity index is 1230. The topological polar surface area (TPSA) is 65.6 Å². The standard InChI is InChI=1S/C21H13F2N3O/c1-12-2-6-18-19(8-12)26-21(25-18)13(11-24)9-15-4-7-20(27-15)16-5-3-14(22)10-17(16)23/h2-10H,1H3,(H,25,26)/b13-9+. The Morgan fingerprint density at radius 1 is 1.15 bits per heavy atom. The molecule has 0 atom stereocenters. The van der Waals surface area contributed by atoms with Crippen LogP contribution in [0, 0.1) is 29.9 Å². The molecule has 0 fully saturated rings. The van der Waals surface area contributed by atoms with E-state index < -0.39 is 11.6 Å². The number of H-pyrrole nitrogens is 1. The van der Waals surface area contributed by atoms with Crippen molar-refractivity contribution in [2.24, 2.45) is 0 Å². The van der Waals surface area contributed by atoms with Crippen LogP contribution in [-0.2, 0) is 0 Å². The number of hydrogen-bond donors (Lipinski definition) is 1. The van der Waals surface area contributed by atoms with E-state index in [-0.39, 0.29) is 16.9 Å². The average Bonchev–Trinajstić information content (AvgIpc) is 3.26. The highest BCUT2D eigenvalue weighted by Gasteiger charge is 2.12. The number of nitrogens with one attached hydrogen (secondary N) is 1. The first-order chi connectivity index (χ1) is 13.0. The van der Waals surface area contributed by atoms with Crippen molar-refractivity contribution < 1.29 is 13.2 Å². The lowest BCUT2D eigenvalue weighted by molar-refractivity contribution is 0.554. The molecule has 2 heterocycles. The third-order valence-corrected chi connectivity index (χ3v) is 4.12. The van der Waals surface area contributed by atoms with Gasteiger partial charge in [-0.05, 0) is 48.9 Å². The number of imidazole rings is 1. The zero-order chi connectivity index (χ0) is 19.0. The molecule has 0 aliphatic rings. The van der Waals surface area contributed by atoms with Gasteiger partial charge in [0.05, 0.1) is 22.2 Å². The fourth-order valence-corrected chi connectivity index (χ4v) is 2.81. The molecule has 0 aliphatic heterocycles. The van der Waals surface area contributed by atoms with E-state index in [2.05, 4.69) is 16.0 Å². The highest BCUT2D eigenvalue weighted by molar-refractivity contribution is 5.89. The number of furan rings is 1. The number of aryl methyl sites for hydroxylation is 1. The summed E-state index contributed by atoms with van der Waals surface area (Å²) < 4.78 is 32.6. The summed E-state index contributed by atoms with van der Waals surface area (Å²) in [5.74, 6) is -0.343. The Balaban J connectivity index is 1.71. The van der Waals surface area contributed by atoms with Crippen molar-refractivity contribution in [2.75, 3.05) is 0 Å². The van der Waals surface area contributed by atoms with Crippen LogP contribution in [0.3, 0.4) is 0 Å². The summed E-state index contributed by atoms with van der Waals surface area (Å²) in [5.41, 5.74) is 3.10. The first kappa shape index (κ1) is 16.7. The van der Waals surface area contributed by atoms with Crippen LogP contribution in [-0.4, -0.2) is 9.97 Å². The molecule has 4 nitrogen and oxygen atoms in total. The summed E-state index contributed by atoms with van der Waals surface area (Å²) in [6.45, 7) is 1.97. The van der Waals surface area contributed by atoms with Gasteiger partial charge < -0.3 is 9.40 Å². The van der Waals surface area contributed by atoms with Crippen LogP contribution in [0.15, 0.2) is 52.9 Å². The van der Waals surface area contributed by atoms with E-state index in [4.69, 9.17) is 4.42 Å². The van der Waals surface area contributed by atoms with Crippen molar-refractivity contribution in [1.82, 2.24) is 9.97 Å². The summed E-state index contributed by atoms with van der Waals surface area (Å²) in [7, 11) is 0. The number of nitriles is 1. The van der Waals surface area contributed by atoms with Crippen molar-refractivity contribution in [3.8, 4) is 17.4 Å². The van der Waals surface area contributed by atoms with Crippen molar-refractivity contribution in [3.63, 3.8) is 0 Å². The minimum Gasteiger partial charge on any atom is -0.457 e. The molecule has 6 heteroatoms. The van der Waals surface area contributed by atoms with Crippen LogP contribution < -0.4 is 0 Å². The fourth-order valence-electron chi connectivity index (χ4n) is 2.81. The predicted octanol–water partition coefficient (Wildman–Crippen LogP) is 5.47. The van der Waals surface area contributed by atoms with Gasteiger partial charge in [0.2, 0.25) is 0 Å². The van der Waals surface area contributed by atoms with Gasteiger partial charge in [-0.25, -0.2) is 13.8 Å². The number of hydrogen-bond acceptors (Lipinski definition) is 3. The number of rotatable bonds is 3. The van der Waals surface area contributed by atoms with Crippen LogP contribution in [0.4, 0.5) is 8.78 Å². The van der Waals surface area contributed by atoms with Gasteiger partial charge in [0.15, 0.2) is 0 Å². The largest absolute Gasteiger partial charge is 0.457 e. The molecule has 4 rings (SSSR count). The minimum atomic E-state index is -0.715. The average molecular weight is 361 g/mol. The molecule has 27 heavy (non-hydrogen) atoms. The number of allylic oxidation sites excluding steroid dienone is 1. The highest BCUT2D eigenvalue weighted by Crippen LogP contribution is 2.27. The monoisotopic (exact) mass is 361 g/mol. The molecule has 0 spiro atoms. The zero-order valence-corrected chi connectivity index (χ0v) is 14.3. The van der Waals surface area contributed by atoms with E-state index in [1.165, 1.54) is 12.1 Å². The lowest BCUT2D eigenvalue weighted by Crippen LogP contribution is -1.85. The molecular weight excluding hydrogens is 348 g/mol. The Hall–Kier alpha value is -3.72. The van der Waals surface area contributed by atoms with Gasteiger partial charge in [0, 0.05) is 12.1 Å². The molecule has 4 aromatic rings. The Labute approximate surface area is 153 Å². The van der Waals surface area contributed by atoms with Crippen molar-refractivity contribution in [2.45, 2.75) is 6.92 Å². The lowest BCUT2D eigenvalue weighted by Gasteiger charge is -1.99. The lowest BCUT2D eigenvalue weighted by atomic mass is 10.1. The number of aromatic nitrogens is 2. The normalized spacial score (nSPS) is 11.7. The predicted molar refractivity (Wildman–Crippen MR) is 98.4 cm³/mol. The van der Waals surface area contributed by atoms with E-state index in [1.807, 2.05) is 25.1 Å². The number of halogens is 2. The minimum absolute atomic E-state index is 0.147. The molecule has 0 bridgehead atoms. The van der Waals surface area contributed by atoms with Gasteiger partial charge in [-0.15, -0.1) is 0 Å². The van der Waals surface area contributed by atoms with E-state index in [0.29, 0.717) is 11.6 Å². The first-order valence-electron chi connectivity index (χ1n) is 8.17. The number of benzene rings is 2. The quantitative estimate of drug-likeness (QED) is 0.492. The van der Waals surface area contributed by atoms with Gasteiger partial charge in [-0.2, -0.15) is 5.26 Å². The fraction of sp³-hybridized carbons (Fsp3) is 0.0476. The van der Waals surface area contributed by atoms with E-state index in [0.717, 1.165) is 28.7 Å². The van der Waals surface area contributed by atoms with Crippen LogP contribution in [0.2, 0.25) is 0 Å². The summed E-state index contributed by atoms with van der Waals surface area (Å²) in [4.78, 5) is 7.54. The molecule has 0 amide bonds. The third-order valence-electron chi connectivity index (χ3n) is 4.12. The summed E-state index contributed by atoms with van der Waals surface area (Å²) in [6.07, 6.45) is 1.52. The molecule has 0 unspecified atom stereocenters. The molecule has 2 aromatic carbocycles. The third kappa shape index (κ3) is 3.23. The van der Waals surface area contributed by atoms with Crippen molar-refractivity contribution in [1.29, 1.82) is 5.26 Å². The Morgan fingerprint density at radius 3 is 2.78 bits per heavy atom. The van der Waals surface area contributed by atoms with E-state index >= 15 is 0 Å². The van der Waals surface area contributed by atoms with E-state index in [1.54, 1.807) is 12.1 Å². The van der Waals surface area contributed by atoms with Gasteiger partial charge in [0.25, 0.3) is 0 Å². The SMILES string of the molecule is Cc1ccc2nc(/C(C#N)=C/c3ccc(-c4ccc(F)cc4F)o3)[nH]c2c1. The van der Waals surface area contributed by atoms with Crippen LogP contribution in [0.25, 0.3) is 34.0 Å². The summed E-state index contributed by atoms with van der Waals surface area (Å²) >= 11 is 0. The van der Waals surface area contributed by atoms with Crippen LogP contribution in [0.5, 0.6) is 0 Å². The first-order valence-corrected chi connectivity index (χ1v) is 8.17. The highest BCUT2D eigenvalue weighted by atomic mass is 19.1. The second-order valence-electron chi connectivity index (χ2n) is 6.10. The van der Waals surface area contributed by atoms with Crippen molar-refractivity contribution >= 4 is 22.7 Å². The molecule has 0 saturated heterocycles. The van der Waals surface area contributed by atoms with Gasteiger partial charge in [0.1, 0.15) is 35.0 Å². The van der Waals surface area contributed by atoms with E-state index in [9.17, 15) is 14.0 Å². The molecule has 132 valence electrons. The maximum absolute atomic E-state index is 13.9. The molecule has 0 saturated carbocycles. The van der Waals surface area contributed by atoms with Gasteiger partial charge in [-0.1, -0.05) is 6.07 Å². The Morgan fingerprint density at radius 2 is 2.00 bits per heavy atom. The summed E-state index contributed by atoms with van der Waals surface area (Å²) in [5, 5.41) is 9.50.